The van der Waals surface area contributed by atoms with Crippen molar-refractivity contribution in [2.24, 2.45) is 27.8 Å². The number of β-lactam (4-membered cyclic amide) rings is 1. The Labute approximate surface area is 377 Å². The average molecular weight is 919 g/mol. The first-order valence-electron chi connectivity index (χ1n) is 22.4. The van der Waals surface area contributed by atoms with Gasteiger partial charge in [0.1, 0.15) is 17.8 Å². The number of Topliss-reactive ketones (excluding diaryl/α,β-unsaturated/α-hetero) is 1. The first kappa shape index (κ1) is 50.6. The highest BCUT2D eigenvalue weighted by atomic mass is 32.2. The van der Waals surface area contributed by atoms with Crippen LogP contribution in [0.3, 0.4) is 0 Å². The lowest BCUT2D eigenvalue weighted by molar-refractivity contribution is -0.165. The van der Waals surface area contributed by atoms with Crippen molar-refractivity contribution in [2.75, 3.05) is 19.6 Å². The van der Waals surface area contributed by atoms with Crippen molar-refractivity contribution in [3.05, 3.63) is 40.7 Å². The molecule has 18 heteroatoms. The number of nitrogens with zero attached hydrogens (tertiary/aromatic N) is 4. The molecule has 0 aromatic carbocycles. The number of likely N-dealkylation sites (tertiary alicyclic amines) is 2. The maximum Gasteiger partial charge on any atom is 0.353 e. The molecule has 2 amide bonds. The summed E-state index contributed by atoms with van der Waals surface area (Å²) in [5.74, 6) is -4.23. The highest BCUT2D eigenvalue weighted by Gasteiger charge is 2.60. The number of piperidine rings is 1. The van der Waals surface area contributed by atoms with Gasteiger partial charge in [-0.2, -0.15) is 8.42 Å². The zero-order chi connectivity index (χ0) is 46.8. The van der Waals surface area contributed by atoms with E-state index in [1.165, 1.54) is 21.6 Å². The van der Waals surface area contributed by atoms with E-state index in [9.17, 15) is 42.6 Å². The largest absolute Gasteiger partial charge is 0.477 e. The number of nitrogens with two attached hydrogens (primary N) is 1. The van der Waals surface area contributed by atoms with Gasteiger partial charge in [0.25, 0.3) is 16.1 Å². The van der Waals surface area contributed by atoms with Gasteiger partial charge >= 0.3 is 11.9 Å². The number of esters is 1. The number of pyridine rings is 1. The molecule has 8 atom stereocenters. The Balaban J connectivity index is 1.32. The molecule has 63 heavy (non-hydrogen) atoms. The monoisotopic (exact) mass is 918 g/mol. The van der Waals surface area contributed by atoms with E-state index in [-0.39, 0.29) is 34.9 Å². The number of aliphatic carboxylic acids is 1. The standard InChI is InChI=1S/C45H70N6O10S2/c1-10-44(6,7)38(53)40(55)49-21-12-11-15-33(49)42(58)61-31(17-16-29-14-13-20-47-24-29)23-43(4,5)18-19-45(8,9)50-26-32(22-30(50)25-48-63(46,59)60)62-37-27(2)35-34(28(3)52)39(54)51(35)36(37)41(56)57/h13-14,20,24,27-28,30-35,48,52H,10-12,15-19,21-23,25-26H2,1-9H3,(H,56,57)(H2,46,59,60)/t27-,28-,30+,31-,32+,33+,34-,35-/m1/s1. The van der Waals surface area contributed by atoms with Gasteiger partial charge in [-0.05, 0) is 102 Å². The van der Waals surface area contributed by atoms with Crippen LogP contribution in [0.5, 0.6) is 0 Å². The minimum absolute atomic E-state index is 0.0476. The van der Waals surface area contributed by atoms with Crippen LogP contribution in [0.2, 0.25) is 0 Å². The molecule has 4 aliphatic rings. The van der Waals surface area contributed by atoms with E-state index >= 15 is 0 Å². The quantitative estimate of drug-likeness (QED) is 0.0762. The summed E-state index contributed by atoms with van der Waals surface area (Å²) in [5, 5.41) is 25.9. The van der Waals surface area contributed by atoms with Gasteiger partial charge in [-0.3, -0.25) is 24.3 Å². The number of carboxylic acid groups (broad SMARTS) is 1. The molecule has 1 aromatic heterocycles. The summed E-state index contributed by atoms with van der Waals surface area (Å²) in [4.78, 5) is 76.3. The fraction of sp³-hybridized carbons (Fsp3) is 0.733. The molecule has 5 N–H and O–H groups in total. The van der Waals surface area contributed by atoms with Crippen LogP contribution in [0.1, 0.15) is 126 Å². The maximum absolute atomic E-state index is 14.1. The second-order valence-corrected chi connectivity index (χ2v) is 22.9. The maximum atomic E-state index is 14.1. The van der Waals surface area contributed by atoms with Crippen molar-refractivity contribution in [3.8, 4) is 0 Å². The van der Waals surface area contributed by atoms with Crippen LogP contribution in [0.25, 0.3) is 0 Å². The number of aryl methyl sites for hydroxylation is 1. The molecule has 5 rings (SSSR count). The lowest BCUT2D eigenvalue weighted by atomic mass is 9.77. The fourth-order valence-electron chi connectivity index (χ4n) is 9.79. The highest BCUT2D eigenvalue weighted by molar-refractivity contribution is 8.03. The molecule has 352 valence electrons. The lowest BCUT2D eigenvalue weighted by Crippen LogP contribution is -2.63. The number of thioether (sulfide) groups is 1. The van der Waals surface area contributed by atoms with Gasteiger partial charge in [0.05, 0.1) is 18.1 Å². The molecule has 3 fully saturated rings. The molecule has 4 aliphatic heterocycles. The Bertz CT molecular complexity index is 2010. The van der Waals surface area contributed by atoms with E-state index in [2.05, 4.69) is 42.3 Å². The van der Waals surface area contributed by atoms with Gasteiger partial charge in [0, 0.05) is 65.1 Å². The number of rotatable bonds is 21. The minimum atomic E-state index is -4.01. The third-order valence-corrected chi connectivity index (χ3v) is 16.0. The van der Waals surface area contributed by atoms with Crippen molar-refractivity contribution >= 4 is 51.5 Å². The third-order valence-electron chi connectivity index (χ3n) is 14.0. The predicted octanol–water partition coefficient (Wildman–Crippen LogP) is 4.41. The molecule has 0 spiro atoms. The molecular weight excluding hydrogens is 849 g/mol. The molecule has 0 aliphatic carbocycles. The molecule has 0 bridgehead atoms. The van der Waals surface area contributed by atoms with Crippen molar-refractivity contribution in [1.29, 1.82) is 0 Å². The Morgan fingerprint density at radius 1 is 1.11 bits per heavy atom. The Morgan fingerprint density at radius 2 is 1.81 bits per heavy atom. The van der Waals surface area contributed by atoms with E-state index in [1.54, 1.807) is 33.2 Å². The summed E-state index contributed by atoms with van der Waals surface area (Å²) in [5.41, 5.74) is -0.739. The predicted molar refractivity (Wildman–Crippen MR) is 240 cm³/mol. The van der Waals surface area contributed by atoms with Crippen molar-refractivity contribution in [3.63, 3.8) is 0 Å². The van der Waals surface area contributed by atoms with Crippen LogP contribution < -0.4 is 9.86 Å². The molecule has 3 saturated heterocycles. The van der Waals surface area contributed by atoms with E-state index in [0.717, 1.165) is 12.0 Å². The van der Waals surface area contributed by atoms with E-state index in [4.69, 9.17) is 9.88 Å². The van der Waals surface area contributed by atoms with Crippen LogP contribution in [-0.2, 0) is 45.3 Å². The molecule has 0 saturated carbocycles. The average Bonchev–Trinajstić information content (AvgIpc) is 3.74. The number of ether oxygens (including phenoxy) is 1. The number of carbonyl (C=O) groups is 5. The summed E-state index contributed by atoms with van der Waals surface area (Å²) in [6.45, 7) is 18.1. The fourth-order valence-corrected chi connectivity index (χ4v) is 11.8. The summed E-state index contributed by atoms with van der Waals surface area (Å²) in [6.07, 6.45) is 7.95. The number of hydrogen-bond donors (Lipinski definition) is 4. The minimum Gasteiger partial charge on any atom is -0.477 e. The van der Waals surface area contributed by atoms with E-state index in [0.29, 0.717) is 75.8 Å². The SMILES string of the molecule is CCC(C)(C)C(=O)C(=O)N1CCCC[C@H]1C(=O)O[C@H](CCc1cccnc1)CC(C)(C)CCC(C)(C)N1C[C@@H](SC2=C(C(=O)O)N3C(=O)[C@H]([C@@H](C)O)[C@H]3[C@H]2C)C[C@H]1CNS(N)(=O)=O. The smallest absolute Gasteiger partial charge is 0.353 e. The molecule has 16 nitrogen and oxygen atoms in total. The highest BCUT2D eigenvalue weighted by Crippen LogP contribution is 2.53. The first-order chi connectivity index (χ1) is 29.3. The Kier molecular flexibility index (Phi) is 16.0. The van der Waals surface area contributed by atoms with Crippen molar-refractivity contribution in [2.45, 2.75) is 168 Å². The molecular formula is C45H70N6O10S2. The van der Waals surface area contributed by atoms with Crippen LogP contribution in [0.4, 0.5) is 0 Å². The van der Waals surface area contributed by atoms with Crippen LogP contribution in [0, 0.1) is 22.7 Å². The molecule has 0 unspecified atom stereocenters. The number of aromatic nitrogens is 1. The topological polar surface area (TPSA) is 230 Å². The summed E-state index contributed by atoms with van der Waals surface area (Å²) in [7, 11) is -4.01. The zero-order valence-corrected chi connectivity index (χ0v) is 40.1. The van der Waals surface area contributed by atoms with Gasteiger partial charge in [-0.1, -0.05) is 47.6 Å². The lowest BCUT2D eigenvalue weighted by Gasteiger charge is -2.46. The number of nitrogens with one attached hydrogen (secondary N) is 1. The van der Waals surface area contributed by atoms with Gasteiger partial charge in [-0.25, -0.2) is 19.5 Å². The summed E-state index contributed by atoms with van der Waals surface area (Å²) < 4.78 is 33.1. The zero-order valence-electron chi connectivity index (χ0n) is 38.5. The number of ketones is 1. The number of aliphatic hydroxyl groups excluding tert-OH is 1. The van der Waals surface area contributed by atoms with E-state index < -0.39 is 80.9 Å². The Hall–Kier alpha value is -3.42. The van der Waals surface area contributed by atoms with Crippen molar-refractivity contribution in [1.82, 2.24) is 24.4 Å². The number of hydrogen-bond acceptors (Lipinski definition) is 12. The molecule has 5 heterocycles. The Morgan fingerprint density at radius 3 is 2.41 bits per heavy atom. The number of carbonyl (C=O) groups excluding carboxylic acids is 4. The normalized spacial score (nSPS) is 25.7. The first-order valence-corrected chi connectivity index (χ1v) is 24.8. The van der Waals surface area contributed by atoms with Gasteiger partial charge < -0.3 is 24.7 Å². The molecule has 1 aromatic rings. The van der Waals surface area contributed by atoms with Crippen LogP contribution >= 0.6 is 11.8 Å². The summed E-state index contributed by atoms with van der Waals surface area (Å²) in [6, 6.07) is 2.27. The van der Waals surface area contributed by atoms with E-state index in [1.807, 2.05) is 26.0 Å². The summed E-state index contributed by atoms with van der Waals surface area (Å²) >= 11 is 1.42. The number of fused-ring (bicyclic) bond motifs is 1. The second-order valence-electron chi connectivity index (χ2n) is 20.2. The van der Waals surface area contributed by atoms with Gasteiger partial charge in [0.2, 0.25) is 11.7 Å². The number of amides is 2. The number of carboxylic acids is 1. The second kappa shape index (κ2) is 20.0. The van der Waals surface area contributed by atoms with Crippen molar-refractivity contribution < 1.29 is 47.3 Å². The van der Waals surface area contributed by atoms with Gasteiger partial charge in [0.15, 0.2) is 0 Å². The van der Waals surface area contributed by atoms with Crippen LogP contribution in [-0.4, -0.2) is 129 Å². The number of aliphatic hydroxyl groups is 1. The molecule has 0 radical (unpaired) electrons. The third kappa shape index (κ3) is 11.9. The van der Waals surface area contributed by atoms with Gasteiger partial charge in [-0.15, -0.1) is 11.8 Å². The van der Waals surface area contributed by atoms with Crippen LogP contribution in [0.15, 0.2) is 35.1 Å².